The van der Waals surface area contributed by atoms with Gasteiger partial charge in [0.15, 0.2) is 0 Å². The van der Waals surface area contributed by atoms with Gasteiger partial charge in [-0.2, -0.15) is 13.2 Å². The Morgan fingerprint density at radius 3 is 2.50 bits per heavy atom. The molecule has 7 heteroatoms. The Bertz CT molecular complexity index is 602. The standard InChI is InChI=1S/C13H9ClF3NOS/c14-10-2-3-11(8(5-10)7-19)20-12-4-1-9(6-18-12)13(15,16)17/h1-6,19H,7H2. The van der Waals surface area contributed by atoms with Gasteiger partial charge in [0.1, 0.15) is 5.03 Å². The van der Waals surface area contributed by atoms with Gasteiger partial charge in [-0.15, -0.1) is 0 Å². The van der Waals surface area contributed by atoms with Crippen molar-refractivity contribution in [3.63, 3.8) is 0 Å². The van der Waals surface area contributed by atoms with Gasteiger partial charge in [0, 0.05) is 16.1 Å². The summed E-state index contributed by atoms with van der Waals surface area (Å²) in [5.74, 6) is 0. The van der Waals surface area contributed by atoms with Gasteiger partial charge in [0.2, 0.25) is 0 Å². The topological polar surface area (TPSA) is 33.1 Å². The highest BCUT2D eigenvalue weighted by atomic mass is 35.5. The van der Waals surface area contributed by atoms with Crippen molar-refractivity contribution in [2.75, 3.05) is 0 Å². The molecular formula is C13H9ClF3NOS. The molecule has 2 aromatic rings. The lowest BCUT2D eigenvalue weighted by Crippen LogP contribution is -2.05. The Hall–Kier alpha value is -1.24. The highest BCUT2D eigenvalue weighted by molar-refractivity contribution is 7.99. The molecule has 0 aliphatic rings. The molecule has 0 aliphatic heterocycles. The van der Waals surface area contributed by atoms with Gasteiger partial charge in [0.05, 0.1) is 12.2 Å². The Labute approximate surface area is 122 Å². The van der Waals surface area contributed by atoms with Gasteiger partial charge in [-0.3, -0.25) is 0 Å². The molecule has 0 spiro atoms. The van der Waals surface area contributed by atoms with Gasteiger partial charge in [-0.1, -0.05) is 23.4 Å². The summed E-state index contributed by atoms with van der Waals surface area (Å²) in [4.78, 5) is 4.46. The van der Waals surface area contributed by atoms with Gasteiger partial charge >= 0.3 is 6.18 Å². The van der Waals surface area contributed by atoms with Gasteiger partial charge in [-0.05, 0) is 35.9 Å². The third-order valence-electron chi connectivity index (χ3n) is 2.47. The number of halogens is 4. The van der Waals surface area contributed by atoms with E-state index in [4.69, 9.17) is 11.6 Å². The number of aliphatic hydroxyl groups is 1. The third-order valence-corrected chi connectivity index (χ3v) is 3.77. The minimum absolute atomic E-state index is 0.205. The number of aliphatic hydroxyl groups excluding tert-OH is 1. The van der Waals surface area contributed by atoms with Crippen LogP contribution in [0.5, 0.6) is 0 Å². The first kappa shape index (κ1) is 15.2. The summed E-state index contributed by atoms with van der Waals surface area (Å²) < 4.78 is 37.2. The molecule has 1 aromatic carbocycles. The fourth-order valence-corrected chi connectivity index (χ4v) is 2.54. The number of hydrogen-bond acceptors (Lipinski definition) is 3. The van der Waals surface area contributed by atoms with Crippen molar-refractivity contribution in [1.82, 2.24) is 4.98 Å². The first-order chi connectivity index (χ1) is 9.40. The molecule has 0 saturated carbocycles. The van der Waals surface area contributed by atoms with Crippen LogP contribution in [-0.4, -0.2) is 10.1 Å². The van der Waals surface area contributed by atoms with Crippen molar-refractivity contribution in [3.8, 4) is 0 Å². The molecule has 0 unspecified atom stereocenters. The summed E-state index contributed by atoms with van der Waals surface area (Å²) in [6, 6.07) is 7.21. The van der Waals surface area contributed by atoms with E-state index in [1.165, 1.54) is 17.8 Å². The van der Waals surface area contributed by atoms with Crippen LogP contribution < -0.4 is 0 Å². The normalized spacial score (nSPS) is 11.7. The second-order valence-electron chi connectivity index (χ2n) is 3.90. The van der Waals surface area contributed by atoms with Crippen molar-refractivity contribution in [2.24, 2.45) is 0 Å². The highest BCUT2D eigenvalue weighted by Crippen LogP contribution is 2.33. The smallest absolute Gasteiger partial charge is 0.392 e. The van der Waals surface area contributed by atoms with E-state index >= 15 is 0 Å². The van der Waals surface area contributed by atoms with Crippen LogP contribution in [0, 0.1) is 0 Å². The van der Waals surface area contributed by atoms with E-state index < -0.39 is 11.7 Å². The number of alkyl halides is 3. The molecule has 1 heterocycles. The molecule has 0 radical (unpaired) electrons. The molecule has 0 atom stereocenters. The van der Waals surface area contributed by atoms with E-state index in [1.54, 1.807) is 18.2 Å². The molecular weight excluding hydrogens is 311 g/mol. The zero-order valence-corrected chi connectivity index (χ0v) is 11.6. The molecule has 106 valence electrons. The minimum Gasteiger partial charge on any atom is -0.392 e. The van der Waals surface area contributed by atoms with E-state index in [0.717, 1.165) is 12.3 Å². The van der Waals surface area contributed by atoms with Crippen LogP contribution in [0.15, 0.2) is 46.5 Å². The number of rotatable bonds is 3. The molecule has 0 fully saturated rings. The van der Waals surface area contributed by atoms with Crippen LogP contribution in [0.1, 0.15) is 11.1 Å². The van der Waals surface area contributed by atoms with E-state index in [1.807, 2.05) is 0 Å². The van der Waals surface area contributed by atoms with Crippen LogP contribution in [-0.2, 0) is 12.8 Å². The minimum atomic E-state index is -4.40. The molecule has 0 saturated heterocycles. The number of pyridine rings is 1. The molecule has 0 bridgehead atoms. The summed E-state index contributed by atoms with van der Waals surface area (Å²) in [5, 5.41) is 10.1. The summed E-state index contributed by atoms with van der Waals surface area (Å²) in [6.07, 6.45) is -3.61. The number of aromatic nitrogens is 1. The SMILES string of the molecule is OCc1cc(Cl)ccc1Sc1ccc(C(F)(F)F)cn1. The molecule has 2 nitrogen and oxygen atoms in total. The zero-order valence-electron chi connectivity index (χ0n) is 9.99. The lowest BCUT2D eigenvalue weighted by Gasteiger charge is -2.09. The molecule has 1 N–H and O–H groups in total. The number of nitrogens with zero attached hydrogens (tertiary/aromatic N) is 1. The first-order valence-corrected chi connectivity index (χ1v) is 6.70. The van der Waals surface area contributed by atoms with E-state index in [0.29, 0.717) is 20.5 Å². The average Bonchev–Trinajstić information content (AvgIpc) is 2.40. The van der Waals surface area contributed by atoms with Crippen molar-refractivity contribution >= 4 is 23.4 Å². The predicted molar refractivity (Wildman–Crippen MR) is 70.7 cm³/mol. The summed E-state index contributed by atoms with van der Waals surface area (Å²) >= 11 is 6.98. The van der Waals surface area contributed by atoms with Crippen molar-refractivity contribution in [1.29, 1.82) is 0 Å². The Morgan fingerprint density at radius 2 is 1.95 bits per heavy atom. The third kappa shape index (κ3) is 3.65. The van der Waals surface area contributed by atoms with Gasteiger partial charge in [0.25, 0.3) is 0 Å². The van der Waals surface area contributed by atoms with E-state index in [9.17, 15) is 18.3 Å². The molecule has 0 aliphatic carbocycles. The van der Waals surface area contributed by atoms with Crippen LogP contribution in [0.25, 0.3) is 0 Å². The Balaban J connectivity index is 2.22. The molecule has 20 heavy (non-hydrogen) atoms. The zero-order chi connectivity index (χ0) is 14.8. The van der Waals surface area contributed by atoms with E-state index in [2.05, 4.69) is 4.98 Å². The second-order valence-corrected chi connectivity index (χ2v) is 5.39. The molecule has 2 rings (SSSR count). The van der Waals surface area contributed by atoms with Crippen molar-refractivity contribution in [3.05, 3.63) is 52.7 Å². The average molecular weight is 320 g/mol. The van der Waals surface area contributed by atoms with Crippen LogP contribution in [0.4, 0.5) is 13.2 Å². The predicted octanol–water partition coefficient (Wildman–Crippen LogP) is 4.40. The highest BCUT2D eigenvalue weighted by Gasteiger charge is 2.30. The first-order valence-electron chi connectivity index (χ1n) is 5.50. The van der Waals surface area contributed by atoms with Crippen LogP contribution in [0.2, 0.25) is 5.02 Å². The maximum absolute atomic E-state index is 12.4. The van der Waals surface area contributed by atoms with Crippen LogP contribution in [0.3, 0.4) is 0 Å². The van der Waals surface area contributed by atoms with Crippen LogP contribution >= 0.6 is 23.4 Å². The lowest BCUT2D eigenvalue weighted by molar-refractivity contribution is -0.137. The fourth-order valence-electron chi connectivity index (χ4n) is 1.49. The Morgan fingerprint density at radius 1 is 1.20 bits per heavy atom. The number of benzene rings is 1. The second kappa shape index (κ2) is 6.03. The largest absolute Gasteiger partial charge is 0.417 e. The summed E-state index contributed by atoms with van der Waals surface area (Å²) in [5.41, 5.74) is -0.190. The maximum Gasteiger partial charge on any atom is 0.417 e. The van der Waals surface area contributed by atoms with Gasteiger partial charge in [-0.25, -0.2) is 4.98 Å². The summed E-state index contributed by atoms with van der Waals surface area (Å²) in [7, 11) is 0. The lowest BCUT2D eigenvalue weighted by atomic mass is 10.2. The van der Waals surface area contributed by atoms with Crippen molar-refractivity contribution < 1.29 is 18.3 Å². The fraction of sp³-hybridized carbons (Fsp3) is 0.154. The molecule has 0 amide bonds. The van der Waals surface area contributed by atoms with Crippen molar-refractivity contribution in [2.45, 2.75) is 22.7 Å². The maximum atomic E-state index is 12.4. The Kier molecular flexibility index (Phi) is 4.57. The molecule has 1 aromatic heterocycles. The van der Waals surface area contributed by atoms with Gasteiger partial charge < -0.3 is 5.11 Å². The summed E-state index contributed by atoms with van der Waals surface area (Å²) in [6.45, 7) is -0.205. The van der Waals surface area contributed by atoms with E-state index in [-0.39, 0.29) is 6.61 Å². The monoisotopic (exact) mass is 319 g/mol. The quantitative estimate of drug-likeness (QED) is 0.910. The number of hydrogen-bond donors (Lipinski definition) is 1.